The first-order valence-electron chi connectivity index (χ1n) is 6.73. The molecule has 1 aliphatic rings. The van der Waals surface area contributed by atoms with Crippen LogP contribution in [0.25, 0.3) is 0 Å². The Bertz CT molecular complexity index is 669. The van der Waals surface area contributed by atoms with Crippen molar-refractivity contribution in [2.75, 3.05) is 13.1 Å². The van der Waals surface area contributed by atoms with E-state index in [-0.39, 0.29) is 17.2 Å². The number of hydrogen-bond acceptors (Lipinski definition) is 4. The number of rotatable bonds is 4. The number of amides is 1. The molecular weight excluding hydrogens is 292 g/mol. The van der Waals surface area contributed by atoms with Gasteiger partial charge in [-0.3, -0.25) is 9.59 Å². The second-order valence-electron chi connectivity index (χ2n) is 5.19. The molecule has 6 nitrogen and oxygen atoms in total. The van der Waals surface area contributed by atoms with Crippen LogP contribution in [0.5, 0.6) is 0 Å². The lowest BCUT2D eigenvalue weighted by Crippen LogP contribution is -2.44. The second-order valence-corrected chi connectivity index (χ2v) is 7.13. The van der Waals surface area contributed by atoms with Crippen LogP contribution in [0.15, 0.2) is 29.2 Å². The maximum atomic E-state index is 12.6. The molecule has 0 aromatic heterocycles. The van der Waals surface area contributed by atoms with Gasteiger partial charge in [-0.05, 0) is 31.9 Å². The van der Waals surface area contributed by atoms with Crippen molar-refractivity contribution in [3.8, 4) is 0 Å². The number of piperidine rings is 1. The Hall–Kier alpha value is -1.73. The van der Waals surface area contributed by atoms with E-state index in [1.165, 1.54) is 23.4 Å². The van der Waals surface area contributed by atoms with Crippen molar-refractivity contribution < 1.29 is 18.0 Å². The van der Waals surface area contributed by atoms with Gasteiger partial charge in [-0.2, -0.15) is 4.31 Å². The van der Waals surface area contributed by atoms with E-state index >= 15 is 0 Å². The molecule has 114 valence electrons. The Labute approximate surface area is 124 Å². The number of hydrogen-bond donors (Lipinski definition) is 1. The first kappa shape index (κ1) is 15.7. The van der Waals surface area contributed by atoms with Crippen LogP contribution in [0.1, 0.15) is 30.1 Å². The van der Waals surface area contributed by atoms with Crippen LogP contribution >= 0.6 is 0 Å². The quantitative estimate of drug-likeness (QED) is 0.831. The fourth-order valence-electron chi connectivity index (χ4n) is 2.42. The Balaban J connectivity index is 2.31. The van der Waals surface area contributed by atoms with E-state index in [0.29, 0.717) is 24.9 Å². The van der Waals surface area contributed by atoms with Crippen LogP contribution in [0.3, 0.4) is 0 Å². The van der Waals surface area contributed by atoms with Crippen molar-refractivity contribution in [3.05, 3.63) is 29.8 Å². The summed E-state index contributed by atoms with van der Waals surface area (Å²) in [6.07, 6.45) is 1.20. The third kappa shape index (κ3) is 3.30. The SMILES string of the molecule is CC(=O)c1cccc(S(=O)(=O)N2CCC[C@@H](C(N)=O)C2)c1. The molecule has 1 aliphatic heterocycles. The Morgan fingerprint density at radius 3 is 2.67 bits per heavy atom. The molecule has 7 heteroatoms. The predicted molar refractivity (Wildman–Crippen MR) is 77.1 cm³/mol. The molecule has 0 aliphatic carbocycles. The zero-order valence-electron chi connectivity index (χ0n) is 11.8. The maximum Gasteiger partial charge on any atom is 0.243 e. The number of nitrogens with zero attached hydrogens (tertiary/aromatic N) is 1. The number of primary amides is 1. The lowest BCUT2D eigenvalue weighted by Gasteiger charge is -2.30. The van der Waals surface area contributed by atoms with E-state index in [1.807, 2.05) is 0 Å². The Kier molecular flexibility index (Phi) is 4.43. The molecule has 1 atom stereocenters. The van der Waals surface area contributed by atoms with E-state index in [0.717, 1.165) is 0 Å². The summed E-state index contributed by atoms with van der Waals surface area (Å²) in [5, 5.41) is 0. The Morgan fingerprint density at radius 1 is 1.33 bits per heavy atom. The molecule has 2 rings (SSSR count). The number of Topliss-reactive ketones (excluding diaryl/α,β-unsaturated/α-hetero) is 1. The standard InChI is InChI=1S/C14H18N2O4S/c1-10(17)11-4-2-6-13(8-11)21(19,20)16-7-3-5-12(9-16)14(15)18/h2,4,6,8,12H,3,5,7,9H2,1H3,(H2,15,18)/t12-/m1/s1. The van der Waals surface area contributed by atoms with E-state index in [4.69, 9.17) is 5.73 Å². The largest absolute Gasteiger partial charge is 0.369 e. The van der Waals surface area contributed by atoms with E-state index in [1.54, 1.807) is 12.1 Å². The summed E-state index contributed by atoms with van der Waals surface area (Å²) < 4.78 is 26.5. The zero-order valence-corrected chi connectivity index (χ0v) is 12.6. The molecule has 1 fully saturated rings. The fourth-order valence-corrected chi connectivity index (χ4v) is 3.99. The number of benzene rings is 1. The summed E-state index contributed by atoms with van der Waals surface area (Å²) >= 11 is 0. The average Bonchev–Trinajstić information content (AvgIpc) is 2.47. The van der Waals surface area contributed by atoms with Crippen molar-refractivity contribution in [2.45, 2.75) is 24.7 Å². The summed E-state index contributed by atoms with van der Waals surface area (Å²) in [7, 11) is -3.71. The Morgan fingerprint density at radius 2 is 2.05 bits per heavy atom. The average molecular weight is 310 g/mol. The monoisotopic (exact) mass is 310 g/mol. The second kappa shape index (κ2) is 5.95. The molecule has 0 saturated carbocycles. The molecule has 2 N–H and O–H groups in total. The van der Waals surface area contributed by atoms with Gasteiger partial charge in [0.05, 0.1) is 10.8 Å². The normalized spacial score (nSPS) is 20.1. The summed E-state index contributed by atoms with van der Waals surface area (Å²) in [6.45, 7) is 1.84. The molecular formula is C14H18N2O4S. The number of carbonyl (C=O) groups is 2. The van der Waals surface area contributed by atoms with Crippen LogP contribution in [-0.2, 0) is 14.8 Å². The van der Waals surface area contributed by atoms with Gasteiger partial charge in [0.25, 0.3) is 0 Å². The molecule has 1 aromatic carbocycles. The van der Waals surface area contributed by atoms with Crippen molar-refractivity contribution in [1.29, 1.82) is 0 Å². The van der Waals surface area contributed by atoms with Gasteiger partial charge in [-0.1, -0.05) is 12.1 Å². The van der Waals surface area contributed by atoms with Crippen LogP contribution in [0, 0.1) is 5.92 Å². The highest BCUT2D eigenvalue weighted by molar-refractivity contribution is 7.89. The lowest BCUT2D eigenvalue weighted by atomic mass is 9.99. The summed E-state index contributed by atoms with van der Waals surface area (Å²) in [5.41, 5.74) is 5.62. The van der Waals surface area contributed by atoms with Crippen LogP contribution in [0.2, 0.25) is 0 Å². The first-order valence-corrected chi connectivity index (χ1v) is 8.17. The molecule has 0 bridgehead atoms. The molecule has 1 saturated heterocycles. The van der Waals surface area contributed by atoms with Gasteiger partial charge in [0, 0.05) is 18.7 Å². The molecule has 1 aromatic rings. The minimum absolute atomic E-state index is 0.0697. The molecule has 0 unspecified atom stereocenters. The molecule has 21 heavy (non-hydrogen) atoms. The maximum absolute atomic E-state index is 12.6. The fraction of sp³-hybridized carbons (Fsp3) is 0.429. The summed E-state index contributed by atoms with van der Waals surface area (Å²) in [5.74, 6) is -1.13. The van der Waals surface area contributed by atoms with Crippen LogP contribution in [0.4, 0.5) is 0 Å². The van der Waals surface area contributed by atoms with Crippen LogP contribution < -0.4 is 5.73 Å². The summed E-state index contributed by atoms with van der Waals surface area (Å²) in [6, 6.07) is 5.93. The number of carbonyl (C=O) groups excluding carboxylic acids is 2. The van der Waals surface area contributed by atoms with E-state index in [2.05, 4.69) is 0 Å². The lowest BCUT2D eigenvalue weighted by molar-refractivity contribution is -0.122. The van der Waals surface area contributed by atoms with E-state index < -0.39 is 21.8 Å². The van der Waals surface area contributed by atoms with Gasteiger partial charge >= 0.3 is 0 Å². The van der Waals surface area contributed by atoms with Crippen molar-refractivity contribution in [1.82, 2.24) is 4.31 Å². The number of ketones is 1. The minimum atomic E-state index is -3.71. The van der Waals surface area contributed by atoms with Gasteiger partial charge in [0.15, 0.2) is 5.78 Å². The topological polar surface area (TPSA) is 97.5 Å². The first-order chi connectivity index (χ1) is 9.82. The molecule has 1 heterocycles. The van der Waals surface area contributed by atoms with Gasteiger partial charge < -0.3 is 5.73 Å². The van der Waals surface area contributed by atoms with Gasteiger partial charge in [-0.15, -0.1) is 0 Å². The van der Waals surface area contributed by atoms with Gasteiger partial charge in [-0.25, -0.2) is 8.42 Å². The molecule has 1 amide bonds. The number of nitrogens with two attached hydrogens (primary N) is 1. The van der Waals surface area contributed by atoms with Crippen molar-refractivity contribution in [2.24, 2.45) is 11.7 Å². The van der Waals surface area contributed by atoms with Crippen molar-refractivity contribution in [3.63, 3.8) is 0 Å². The van der Waals surface area contributed by atoms with Crippen molar-refractivity contribution >= 4 is 21.7 Å². The summed E-state index contributed by atoms with van der Waals surface area (Å²) in [4.78, 5) is 22.7. The zero-order chi connectivity index (χ0) is 15.6. The third-order valence-electron chi connectivity index (χ3n) is 3.66. The highest BCUT2D eigenvalue weighted by Gasteiger charge is 2.32. The molecule has 0 spiro atoms. The van der Waals surface area contributed by atoms with E-state index in [9.17, 15) is 18.0 Å². The third-order valence-corrected chi connectivity index (χ3v) is 5.53. The predicted octanol–water partition coefficient (Wildman–Crippen LogP) is 0.775. The van der Waals surface area contributed by atoms with Gasteiger partial charge in [0.1, 0.15) is 0 Å². The molecule has 0 radical (unpaired) electrons. The van der Waals surface area contributed by atoms with Crippen LogP contribution in [-0.4, -0.2) is 37.5 Å². The minimum Gasteiger partial charge on any atom is -0.369 e. The van der Waals surface area contributed by atoms with Gasteiger partial charge in [0.2, 0.25) is 15.9 Å². The number of sulfonamides is 1. The highest BCUT2D eigenvalue weighted by Crippen LogP contribution is 2.24. The smallest absolute Gasteiger partial charge is 0.243 e. The highest BCUT2D eigenvalue weighted by atomic mass is 32.2.